The van der Waals surface area contributed by atoms with Gasteiger partial charge in [0.2, 0.25) is 0 Å². The number of fused-ring (bicyclic) bond motifs is 1. The molecule has 7 heteroatoms. The summed E-state index contributed by atoms with van der Waals surface area (Å²) in [4.78, 5) is 22.3. The van der Waals surface area contributed by atoms with Crippen molar-refractivity contribution in [3.63, 3.8) is 0 Å². The Kier molecular flexibility index (Phi) is 5.30. The van der Waals surface area contributed by atoms with Crippen LogP contribution < -0.4 is 5.56 Å². The molecule has 2 heterocycles. The van der Waals surface area contributed by atoms with Crippen molar-refractivity contribution in [1.29, 1.82) is 5.26 Å². The van der Waals surface area contributed by atoms with Crippen LogP contribution >= 0.6 is 11.6 Å². The fraction of sp³-hybridized carbons (Fsp3) is 0.130. The van der Waals surface area contributed by atoms with Gasteiger partial charge >= 0.3 is 0 Å². The van der Waals surface area contributed by atoms with Gasteiger partial charge < -0.3 is 0 Å². The Morgan fingerprint density at radius 2 is 1.90 bits per heavy atom. The smallest absolute Gasteiger partial charge is 0.266 e. The number of aromatic nitrogens is 3. The summed E-state index contributed by atoms with van der Waals surface area (Å²) in [5.74, 6) is -0.0538. The van der Waals surface area contributed by atoms with Gasteiger partial charge in [0.25, 0.3) is 5.56 Å². The molecule has 0 radical (unpaired) electrons. The standard InChI is InChI=1S/C23H16ClFN4O/c1-14-6-7-15(13-26)19(27-14)10-11-22-28-20-9-8-16(25)12-17(20)23(30)29(22)21-5-3-2-4-18(21)24/h2-9,12H,10-11H2,1H3. The molecule has 30 heavy (non-hydrogen) atoms. The van der Waals surface area contributed by atoms with E-state index >= 15 is 0 Å². The Bertz CT molecular complexity index is 1370. The average molecular weight is 419 g/mol. The van der Waals surface area contributed by atoms with E-state index in [4.69, 9.17) is 11.6 Å². The summed E-state index contributed by atoms with van der Waals surface area (Å²) in [5, 5.41) is 9.92. The second-order valence-corrected chi connectivity index (χ2v) is 7.25. The maximum atomic E-state index is 13.8. The summed E-state index contributed by atoms with van der Waals surface area (Å²) < 4.78 is 15.2. The number of halogens is 2. The van der Waals surface area contributed by atoms with E-state index < -0.39 is 11.4 Å². The minimum atomic E-state index is -0.512. The molecule has 0 aliphatic heterocycles. The van der Waals surface area contributed by atoms with Crippen LogP contribution in [0.5, 0.6) is 0 Å². The summed E-state index contributed by atoms with van der Waals surface area (Å²) in [7, 11) is 0. The highest BCUT2D eigenvalue weighted by Crippen LogP contribution is 2.22. The van der Waals surface area contributed by atoms with Gasteiger partial charge in [0.1, 0.15) is 17.7 Å². The number of hydrogen-bond donors (Lipinski definition) is 0. The van der Waals surface area contributed by atoms with Crippen LogP contribution in [0.15, 0.2) is 59.4 Å². The monoisotopic (exact) mass is 418 g/mol. The van der Waals surface area contributed by atoms with E-state index in [0.717, 1.165) is 5.69 Å². The first-order valence-electron chi connectivity index (χ1n) is 9.30. The van der Waals surface area contributed by atoms with Crippen LogP contribution in [0.3, 0.4) is 0 Å². The molecule has 0 saturated heterocycles. The lowest BCUT2D eigenvalue weighted by Gasteiger charge is -2.15. The van der Waals surface area contributed by atoms with Crippen molar-refractivity contribution in [2.45, 2.75) is 19.8 Å². The number of rotatable bonds is 4. The minimum Gasteiger partial charge on any atom is -0.268 e. The molecule has 2 aromatic carbocycles. The van der Waals surface area contributed by atoms with Crippen molar-refractivity contribution in [1.82, 2.24) is 14.5 Å². The number of nitriles is 1. The Balaban J connectivity index is 1.89. The molecule has 148 valence electrons. The van der Waals surface area contributed by atoms with Gasteiger partial charge in [-0.25, -0.2) is 9.37 Å². The maximum Gasteiger partial charge on any atom is 0.266 e. The van der Waals surface area contributed by atoms with E-state index in [-0.39, 0.29) is 5.39 Å². The molecule has 0 aliphatic rings. The zero-order chi connectivity index (χ0) is 21.3. The molecule has 4 rings (SSSR count). The van der Waals surface area contributed by atoms with Gasteiger partial charge in [0.05, 0.1) is 32.9 Å². The van der Waals surface area contributed by atoms with Crippen molar-refractivity contribution in [3.05, 3.63) is 98.6 Å². The molecular formula is C23H16ClFN4O. The number of para-hydroxylation sites is 1. The molecule has 0 unspecified atom stereocenters. The predicted molar refractivity (Wildman–Crippen MR) is 113 cm³/mol. The normalized spacial score (nSPS) is 10.9. The summed E-state index contributed by atoms with van der Waals surface area (Å²) in [6.45, 7) is 1.85. The van der Waals surface area contributed by atoms with Crippen LogP contribution in [0.2, 0.25) is 5.02 Å². The Hall–Kier alpha value is -3.56. The first kappa shape index (κ1) is 19.7. The molecule has 0 spiro atoms. The first-order valence-corrected chi connectivity index (χ1v) is 9.68. The lowest BCUT2D eigenvalue weighted by atomic mass is 10.1. The molecule has 5 nitrogen and oxygen atoms in total. The SMILES string of the molecule is Cc1ccc(C#N)c(CCc2nc3ccc(F)cc3c(=O)n2-c2ccccc2Cl)n1. The van der Waals surface area contributed by atoms with Crippen molar-refractivity contribution < 1.29 is 4.39 Å². The molecule has 0 bridgehead atoms. The van der Waals surface area contributed by atoms with E-state index in [1.54, 1.807) is 36.4 Å². The summed E-state index contributed by atoms with van der Waals surface area (Å²) in [5.41, 5.74) is 2.38. The number of pyridine rings is 1. The van der Waals surface area contributed by atoms with Gasteiger partial charge in [-0.2, -0.15) is 5.26 Å². The highest BCUT2D eigenvalue weighted by atomic mass is 35.5. The highest BCUT2D eigenvalue weighted by Gasteiger charge is 2.16. The van der Waals surface area contributed by atoms with Gasteiger partial charge in [-0.15, -0.1) is 0 Å². The first-order chi connectivity index (χ1) is 14.5. The van der Waals surface area contributed by atoms with E-state index in [1.165, 1.54) is 22.8 Å². The van der Waals surface area contributed by atoms with E-state index in [9.17, 15) is 14.4 Å². The van der Waals surface area contributed by atoms with Crippen LogP contribution in [0.1, 0.15) is 22.8 Å². The Morgan fingerprint density at radius 1 is 1.10 bits per heavy atom. The Morgan fingerprint density at radius 3 is 2.67 bits per heavy atom. The largest absolute Gasteiger partial charge is 0.268 e. The van der Waals surface area contributed by atoms with E-state index in [2.05, 4.69) is 16.0 Å². The lowest BCUT2D eigenvalue weighted by molar-refractivity contribution is 0.629. The van der Waals surface area contributed by atoms with Crippen LogP contribution in [0.4, 0.5) is 4.39 Å². The minimum absolute atomic E-state index is 0.171. The third-order valence-corrected chi connectivity index (χ3v) is 5.13. The fourth-order valence-corrected chi connectivity index (χ4v) is 3.61. The van der Waals surface area contributed by atoms with Gasteiger partial charge in [0.15, 0.2) is 0 Å². The molecular weight excluding hydrogens is 403 g/mol. The number of aryl methyl sites for hydroxylation is 3. The predicted octanol–water partition coefficient (Wildman–Crippen LogP) is 4.54. The summed E-state index contributed by atoms with van der Waals surface area (Å²) >= 11 is 6.35. The molecule has 0 N–H and O–H groups in total. The fourth-order valence-electron chi connectivity index (χ4n) is 3.39. The van der Waals surface area contributed by atoms with Crippen LogP contribution in [0.25, 0.3) is 16.6 Å². The van der Waals surface area contributed by atoms with Gasteiger partial charge in [0, 0.05) is 12.1 Å². The summed E-state index contributed by atoms with van der Waals surface area (Å²) in [6.07, 6.45) is 0.757. The van der Waals surface area contributed by atoms with Gasteiger partial charge in [-0.3, -0.25) is 14.3 Å². The topological polar surface area (TPSA) is 71.6 Å². The van der Waals surface area contributed by atoms with Crippen LogP contribution in [0, 0.1) is 24.1 Å². The van der Waals surface area contributed by atoms with Crippen LogP contribution in [-0.4, -0.2) is 14.5 Å². The second-order valence-electron chi connectivity index (χ2n) is 6.84. The zero-order valence-corrected chi connectivity index (χ0v) is 16.8. The molecule has 0 atom stereocenters. The second kappa shape index (κ2) is 8.05. The van der Waals surface area contributed by atoms with Gasteiger partial charge in [-0.05, 0) is 55.8 Å². The average Bonchev–Trinajstić information content (AvgIpc) is 2.74. The molecule has 2 aromatic heterocycles. The number of nitrogens with zero attached hydrogens (tertiary/aromatic N) is 4. The third kappa shape index (κ3) is 3.68. The van der Waals surface area contributed by atoms with Gasteiger partial charge in [-0.1, -0.05) is 23.7 Å². The highest BCUT2D eigenvalue weighted by molar-refractivity contribution is 6.32. The van der Waals surface area contributed by atoms with E-state index in [1.807, 2.05) is 6.92 Å². The van der Waals surface area contributed by atoms with Crippen molar-refractivity contribution in [2.75, 3.05) is 0 Å². The molecule has 4 aromatic rings. The van der Waals surface area contributed by atoms with Crippen LogP contribution in [-0.2, 0) is 12.8 Å². The summed E-state index contributed by atoms with van der Waals surface area (Å²) in [6, 6.07) is 16.5. The third-order valence-electron chi connectivity index (χ3n) is 4.81. The van der Waals surface area contributed by atoms with E-state index in [0.29, 0.717) is 46.2 Å². The Labute approximate surface area is 177 Å². The molecule has 0 saturated carbocycles. The quantitative estimate of drug-likeness (QED) is 0.488. The van der Waals surface area contributed by atoms with Crippen molar-refractivity contribution in [2.24, 2.45) is 0 Å². The van der Waals surface area contributed by atoms with Crippen molar-refractivity contribution >= 4 is 22.5 Å². The molecule has 0 amide bonds. The maximum absolute atomic E-state index is 13.8. The lowest BCUT2D eigenvalue weighted by Crippen LogP contribution is -2.25. The molecule has 0 aliphatic carbocycles. The molecule has 0 fully saturated rings. The number of hydrogen-bond acceptors (Lipinski definition) is 4. The number of benzene rings is 2. The van der Waals surface area contributed by atoms with Crippen molar-refractivity contribution in [3.8, 4) is 11.8 Å². The zero-order valence-electron chi connectivity index (χ0n) is 16.1.